The van der Waals surface area contributed by atoms with Crippen LogP contribution in [0.1, 0.15) is 38.8 Å². The average Bonchev–Trinajstić information content (AvgIpc) is 2.88. The van der Waals surface area contributed by atoms with Crippen LogP contribution in [-0.2, 0) is 17.6 Å². The minimum Gasteiger partial charge on any atom is -0.496 e. The SMILES string of the molecule is CC.COc1ccc2ccc(=O)oc2c1CC(=O)O.COc1ccc2ccc(=O)oc2c1CC=C(C)C. The van der Waals surface area contributed by atoms with Crippen LogP contribution in [0, 0.1) is 0 Å². The molecule has 0 saturated heterocycles. The normalized spacial score (nSPS) is 10.0. The Morgan fingerprint density at radius 1 is 0.784 bits per heavy atom. The molecule has 2 aromatic heterocycles. The topological polar surface area (TPSA) is 116 Å². The third-order valence-corrected chi connectivity index (χ3v) is 5.18. The Labute approximate surface area is 214 Å². The van der Waals surface area contributed by atoms with Crippen molar-refractivity contribution in [2.45, 2.75) is 40.5 Å². The van der Waals surface area contributed by atoms with Crippen molar-refractivity contribution in [1.82, 2.24) is 0 Å². The van der Waals surface area contributed by atoms with E-state index in [1.807, 2.05) is 39.8 Å². The van der Waals surface area contributed by atoms with Crippen molar-refractivity contribution >= 4 is 27.9 Å². The van der Waals surface area contributed by atoms with Gasteiger partial charge in [-0.15, -0.1) is 0 Å². The number of methoxy groups -OCH3 is 2. The van der Waals surface area contributed by atoms with Crippen LogP contribution in [0.4, 0.5) is 0 Å². The van der Waals surface area contributed by atoms with Crippen molar-refractivity contribution in [3.63, 3.8) is 0 Å². The molecule has 2 aromatic carbocycles. The molecule has 8 heteroatoms. The minimum atomic E-state index is -1.01. The molecule has 1 N–H and O–H groups in total. The van der Waals surface area contributed by atoms with Crippen LogP contribution in [0.5, 0.6) is 11.5 Å². The predicted octanol–water partition coefficient (Wildman–Crippen LogP) is 5.77. The first-order valence-electron chi connectivity index (χ1n) is 11.8. The molecule has 0 radical (unpaired) electrons. The number of hydrogen-bond donors (Lipinski definition) is 1. The molecular formula is C29H32O8. The number of ether oxygens (including phenoxy) is 2. The minimum absolute atomic E-state index is 0.256. The van der Waals surface area contributed by atoms with Crippen LogP contribution in [0.25, 0.3) is 21.9 Å². The smallest absolute Gasteiger partial charge is 0.336 e. The van der Waals surface area contributed by atoms with Crippen molar-refractivity contribution in [3.05, 3.63) is 92.1 Å². The first-order chi connectivity index (χ1) is 17.7. The molecule has 2 heterocycles. The lowest BCUT2D eigenvalue weighted by molar-refractivity contribution is -0.136. The maximum atomic E-state index is 11.4. The Morgan fingerprint density at radius 2 is 1.22 bits per heavy atom. The summed E-state index contributed by atoms with van der Waals surface area (Å²) in [6, 6.07) is 13.2. The molecule has 196 valence electrons. The van der Waals surface area contributed by atoms with Gasteiger partial charge in [0.15, 0.2) is 0 Å². The number of carbonyl (C=O) groups is 1. The highest BCUT2D eigenvalue weighted by Crippen LogP contribution is 2.28. The predicted molar refractivity (Wildman–Crippen MR) is 144 cm³/mol. The molecule has 0 amide bonds. The third-order valence-electron chi connectivity index (χ3n) is 5.18. The van der Waals surface area contributed by atoms with Crippen LogP contribution >= 0.6 is 0 Å². The van der Waals surface area contributed by atoms with Gasteiger partial charge in [-0.2, -0.15) is 0 Å². The summed E-state index contributed by atoms with van der Waals surface area (Å²) >= 11 is 0. The quantitative estimate of drug-likeness (QED) is 0.258. The number of carboxylic acids is 1. The fraction of sp³-hybridized carbons (Fsp3) is 0.276. The van der Waals surface area contributed by atoms with Crippen LogP contribution in [0.15, 0.2) is 78.6 Å². The van der Waals surface area contributed by atoms with Gasteiger partial charge < -0.3 is 23.4 Å². The molecule has 0 aliphatic carbocycles. The van der Waals surface area contributed by atoms with Gasteiger partial charge in [0.2, 0.25) is 0 Å². The lowest BCUT2D eigenvalue weighted by Crippen LogP contribution is -2.05. The van der Waals surface area contributed by atoms with Gasteiger partial charge in [-0.25, -0.2) is 9.59 Å². The van der Waals surface area contributed by atoms with E-state index in [1.54, 1.807) is 31.4 Å². The van der Waals surface area contributed by atoms with Gasteiger partial charge in [0.25, 0.3) is 0 Å². The molecule has 0 saturated carbocycles. The lowest BCUT2D eigenvalue weighted by atomic mass is 10.1. The van der Waals surface area contributed by atoms with Crippen molar-refractivity contribution in [2.75, 3.05) is 14.2 Å². The van der Waals surface area contributed by atoms with Crippen LogP contribution in [0.2, 0.25) is 0 Å². The van der Waals surface area contributed by atoms with Crippen LogP contribution < -0.4 is 20.7 Å². The molecule has 0 fully saturated rings. The van der Waals surface area contributed by atoms with Gasteiger partial charge >= 0.3 is 17.2 Å². The monoisotopic (exact) mass is 508 g/mol. The van der Waals surface area contributed by atoms with Crippen molar-refractivity contribution < 1.29 is 28.2 Å². The van der Waals surface area contributed by atoms with Gasteiger partial charge in [-0.1, -0.05) is 25.5 Å². The molecule has 4 rings (SSSR count). The second kappa shape index (κ2) is 13.7. The summed E-state index contributed by atoms with van der Waals surface area (Å²) in [6.45, 7) is 8.07. The van der Waals surface area contributed by atoms with Gasteiger partial charge in [0, 0.05) is 34.0 Å². The first-order valence-corrected chi connectivity index (χ1v) is 11.8. The summed E-state index contributed by atoms with van der Waals surface area (Å²) in [7, 11) is 3.06. The van der Waals surface area contributed by atoms with E-state index in [4.69, 9.17) is 23.4 Å². The number of hydrogen-bond acceptors (Lipinski definition) is 7. The highest BCUT2D eigenvalue weighted by molar-refractivity contribution is 5.86. The molecule has 0 bridgehead atoms. The number of rotatable bonds is 6. The highest BCUT2D eigenvalue weighted by Gasteiger charge is 2.14. The number of fused-ring (bicyclic) bond motifs is 2. The van der Waals surface area contributed by atoms with Gasteiger partial charge in [0.1, 0.15) is 22.7 Å². The molecule has 37 heavy (non-hydrogen) atoms. The maximum absolute atomic E-state index is 11.4. The summed E-state index contributed by atoms with van der Waals surface area (Å²) in [5, 5.41) is 10.4. The molecule has 0 spiro atoms. The van der Waals surface area contributed by atoms with E-state index in [9.17, 15) is 14.4 Å². The van der Waals surface area contributed by atoms with E-state index < -0.39 is 11.6 Å². The van der Waals surface area contributed by atoms with Crippen LogP contribution in [-0.4, -0.2) is 25.3 Å². The molecule has 4 aromatic rings. The van der Waals surface area contributed by atoms with E-state index >= 15 is 0 Å². The van der Waals surface area contributed by atoms with Crippen LogP contribution in [0.3, 0.4) is 0 Å². The number of allylic oxidation sites excluding steroid dienone is 2. The molecular weight excluding hydrogens is 476 g/mol. The lowest BCUT2D eigenvalue weighted by Gasteiger charge is -2.09. The molecule has 0 unspecified atom stereocenters. The fourth-order valence-corrected chi connectivity index (χ4v) is 3.54. The highest BCUT2D eigenvalue weighted by atomic mass is 16.5. The molecule has 8 nitrogen and oxygen atoms in total. The first kappa shape index (κ1) is 28.9. The molecule has 0 atom stereocenters. The summed E-state index contributed by atoms with van der Waals surface area (Å²) in [5.74, 6) is 0.130. The van der Waals surface area contributed by atoms with Crippen molar-refractivity contribution in [1.29, 1.82) is 0 Å². The number of benzene rings is 2. The Morgan fingerprint density at radius 3 is 1.65 bits per heavy atom. The van der Waals surface area contributed by atoms with E-state index in [0.29, 0.717) is 28.7 Å². The van der Waals surface area contributed by atoms with E-state index in [2.05, 4.69) is 6.08 Å². The number of aliphatic carboxylic acids is 1. The van der Waals surface area contributed by atoms with Crippen molar-refractivity contribution in [2.24, 2.45) is 0 Å². The van der Waals surface area contributed by atoms with Gasteiger partial charge in [0.05, 0.1) is 20.6 Å². The Balaban J connectivity index is 0.000000244. The third kappa shape index (κ3) is 7.57. The van der Waals surface area contributed by atoms with E-state index in [1.165, 1.54) is 24.8 Å². The van der Waals surface area contributed by atoms with Crippen molar-refractivity contribution in [3.8, 4) is 11.5 Å². The Kier molecular flexibility index (Phi) is 10.7. The average molecular weight is 509 g/mol. The second-order valence-corrected chi connectivity index (χ2v) is 7.89. The standard InChI is InChI=1S/C15H16O3.C12H10O5.C2H6/c1-10(2)4-7-12-13(17-3)8-5-11-6-9-14(16)18-15(11)12;1-16-9-4-2-7-3-5-11(15)17-12(7)8(9)6-10(13)14;1-2/h4-6,8-9H,7H2,1-3H3;2-5H,6H2,1H3,(H,13,14);1-2H3. The largest absolute Gasteiger partial charge is 0.496 e. The number of carboxylic acid groups (broad SMARTS) is 1. The van der Waals surface area contributed by atoms with E-state index in [0.717, 1.165) is 16.7 Å². The molecule has 0 aliphatic rings. The molecule has 0 aliphatic heterocycles. The Bertz CT molecular complexity index is 1500. The van der Waals surface area contributed by atoms with E-state index in [-0.39, 0.29) is 17.6 Å². The summed E-state index contributed by atoms with van der Waals surface area (Å²) in [4.78, 5) is 33.3. The Hall–Kier alpha value is -4.33. The zero-order valence-electron chi connectivity index (χ0n) is 21.9. The fourth-order valence-electron chi connectivity index (χ4n) is 3.54. The zero-order chi connectivity index (χ0) is 27.5. The van der Waals surface area contributed by atoms with Gasteiger partial charge in [-0.3, -0.25) is 4.79 Å². The van der Waals surface area contributed by atoms with Gasteiger partial charge in [-0.05, 0) is 56.7 Å². The zero-order valence-corrected chi connectivity index (χ0v) is 21.9. The summed E-state index contributed by atoms with van der Waals surface area (Å²) in [6.07, 6.45) is 2.52. The maximum Gasteiger partial charge on any atom is 0.336 e. The summed E-state index contributed by atoms with van der Waals surface area (Å²) in [5.41, 5.74) is 2.52. The second-order valence-electron chi connectivity index (χ2n) is 7.89. The summed E-state index contributed by atoms with van der Waals surface area (Å²) < 4.78 is 20.7.